The molecule has 1 saturated carbocycles. The molecule has 1 aliphatic rings. The molecule has 2 nitrogen and oxygen atoms in total. The zero-order valence-corrected chi connectivity index (χ0v) is 10.9. The Morgan fingerprint density at radius 1 is 1.20 bits per heavy atom. The zero-order valence-electron chi connectivity index (χ0n) is 10.9. The number of ether oxygens (including phenoxy) is 1. The first-order valence-electron chi connectivity index (χ1n) is 6.62. The van der Waals surface area contributed by atoms with Crippen LogP contribution in [0.25, 0.3) is 0 Å². The van der Waals surface area contributed by atoms with Crippen LogP contribution in [0.1, 0.15) is 30.7 Å². The fourth-order valence-electron chi connectivity index (χ4n) is 2.69. The first-order chi connectivity index (χ1) is 9.49. The highest BCUT2D eigenvalue weighted by Gasteiger charge is 2.36. The summed E-state index contributed by atoms with van der Waals surface area (Å²) in [6, 6.07) is 11.7. The SMILES string of the molecule is N#CC1CCC(c2ccccc2)CC1OCC(F)(F)F. The van der Waals surface area contributed by atoms with Gasteiger partial charge in [-0.1, -0.05) is 30.3 Å². The summed E-state index contributed by atoms with van der Waals surface area (Å²) in [4.78, 5) is 0. The molecule has 108 valence electrons. The van der Waals surface area contributed by atoms with Gasteiger partial charge in [0.15, 0.2) is 0 Å². The van der Waals surface area contributed by atoms with Gasteiger partial charge in [-0.2, -0.15) is 18.4 Å². The Morgan fingerprint density at radius 3 is 2.50 bits per heavy atom. The van der Waals surface area contributed by atoms with Gasteiger partial charge in [-0.15, -0.1) is 0 Å². The summed E-state index contributed by atoms with van der Waals surface area (Å²) in [5, 5.41) is 9.04. The summed E-state index contributed by atoms with van der Waals surface area (Å²) >= 11 is 0. The Kier molecular flexibility index (Phi) is 4.66. The van der Waals surface area contributed by atoms with Crippen molar-refractivity contribution >= 4 is 0 Å². The fraction of sp³-hybridized carbons (Fsp3) is 0.533. The number of rotatable bonds is 3. The highest BCUT2D eigenvalue weighted by molar-refractivity contribution is 5.21. The third-order valence-electron chi connectivity index (χ3n) is 3.69. The number of hydrogen-bond acceptors (Lipinski definition) is 2. The van der Waals surface area contributed by atoms with E-state index in [4.69, 9.17) is 10.00 Å². The van der Waals surface area contributed by atoms with Crippen molar-refractivity contribution in [1.29, 1.82) is 5.26 Å². The molecule has 0 saturated heterocycles. The predicted molar refractivity (Wildman–Crippen MR) is 67.9 cm³/mol. The minimum atomic E-state index is -4.35. The monoisotopic (exact) mass is 283 g/mol. The van der Waals surface area contributed by atoms with Gasteiger partial charge in [-0.3, -0.25) is 0 Å². The van der Waals surface area contributed by atoms with E-state index >= 15 is 0 Å². The fourth-order valence-corrected chi connectivity index (χ4v) is 2.69. The van der Waals surface area contributed by atoms with E-state index in [1.165, 1.54) is 0 Å². The summed E-state index contributed by atoms with van der Waals surface area (Å²) in [5.74, 6) is -0.281. The van der Waals surface area contributed by atoms with Crippen LogP contribution in [0.4, 0.5) is 13.2 Å². The van der Waals surface area contributed by atoms with Crippen LogP contribution in [0.15, 0.2) is 30.3 Å². The second kappa shape index (κ2) is 6.27. The lowest BCUT2D eigenvalue weighted by molar-refractivity contribution is -0.191. The molecule has 5 heteroatoms. The molecule has 1 fully saturated rings. The minimum Gasteiger partial charge on any atom is -0.367 e. The van der Waals surface area contributed by atoms with Gasteiger partial charge in [-0.25, -0.2) is 0 Å². The molecule has 0 heterocycles. The molecule has 3 unspecified atom stereocenters. The first-order valence-corrected chi connectivity index (χ1v) is 6.62. The zero-order chi connectivity index (χ0) is 14.6. The molecule has 1 aliphatic carbocycles. The third-order valence-corrected chi connectivity index (χ3v) is 3.69. The lowest BCUT2D eigenvalue weighted by Crippen LogP contribution is -2.33. The van der Waals surface area contributed by atoms with Gasteiger partial charge in [-0.05, 0) is 30.7 Å². The Bertz CT molecular complexity index is 466. The van der Waals surface area contributed by atoms with Crippen LogP contribution in [0.2, 0.25) is 0 Å². The molecule has 2 rings (SSSR count). The lowest BCUT2D eigenvalue weighted by atomic mass is 9.77. The summed E-state index contributed by atoms with van der Waals surface area (Å²) < 4.78 is 41.7. The second-order valence-electron chi connectivity index (χ2n) is 5.12. The maximum absolute atomic E-state index is 12.3. The topological polar surface area (TPSA) is 33.0 Å². The van der Waals surface area contributed by atoms with Crippen molar-refractivity contribution in [1.82, 2.24) is 0 Å². The number of nitrogens with zero attached hydrogens (tertiary/aromatic N) is 1. The summed E-state index contributed by atoms with van der Waals surface area (Å²) in [6.07, 6.45) is -3.12. The third kappa shape index (κ3) is 3.97. The van der Waals surface area contributed by atoms with Gasteiger partial charge in [0, 0.05) is 0 Å². The normalized spacial score (nSPS) is 27.0. The van der Waals surface area contributed by atoms with Gasteiger partial charge < -0.3 is 4.74 Å². The molecule has 0 aromatic heterocycles. The number of alkyl halides is 3. The van der Waals surface area contributed by atoms with Gasteiger partial charge >= 0.3 is 6.18 Å². The van der Waals surface area contributed by atoms with Crippen molar-refractivity contribution < 1.29 is 17.9 Å². The highest BCUT2D eigenvalue weighted by Crippen LogP contribution is 2.37. The molecule has 20 heavy (non-hydrogen) atoms. The van der Waals surface area contributed by atoms with Crippen LogP contribution < -0.4 is 0 Å². The van der Waals surface area contributed by atoms with E-state index in [0.29, 0.717) is 12.8 Å². The molecule has 0 amide bonds. The molecule has 0 radical (unpaired) electrons. The number of nitriles is 1. The quantitative estimate of drug-likeness (QED) is 0.838. The Hall–Kier alpha value is -1.54. The van der Waals surface area contributed by atoms with Crippen molar-refractivity contribution in [2.45, 2.75) is 37.5 Å². The maximum atomic E-state index is 12.3. The minimum absolute atomic E-state index is 0.166. The van der Waals surface area contributed by atoms with E-state index in [2.05, 4.69) is 6.07 Å². The van der Waals surface area contributed by atoms with Crippen LogP contribution >= 0.6 is 0 Å². The van der Waals surface area contributed by atoms with Crippen LogP contribution in [-0.4, -0.2) is 18.9 Å². The number of halogens is 3. The van der Waals surface area contributed by atoms with E-state index in [9.17, 15) is 13.2 Å². The molecule has 0 spiro atoms. The van der Waals surface area contributed by atoms with Gasteiger partial charge in [0.25, 0.3) is 0 Å². The number of hydrogen-bond donors (Lipinski definition) is 0. The van der Waals surface area contributed by atoms with E-state index in [-0.39, 0.29) is 5.92 Å². The molecule has 3 atom stereocenters. The predicted octanol–water partition coefficient (Wildman–Crippen LogP) is 4.04. The van der Waals surface area contributed by atoms with Crippen molar-refractivity contribution in [3.05, 3.63) is 35.9 Å². The Labute approximate surface area is 116 Å². The van der Waals surface area contributed by atoms with Crippen LogP contribution in [0.5, 0.6) is 0 Å². The van der Waals surface area contributed by atoms with Crippen LogP contribution in [0.3, 0.4) is 0 Å². The lowest BCUT2D eigenvalue weighted by Gasteiger charge is -2.33. The van der Waals surface area contributed by atoms with Crippen molar-refractivity contribution in [2.75, 3.05) is 6.61 Å². The number of benzene rings is 1. The molecule has 1 aromatic rings. The van der Waals surface area contributed by atoms with Crippen molar-refractivity contribution in [3.63, 3.8) is 0 Å². The van der Waals surface area contributed by atoms with E-state index < -0.39 is 24.8 Å². The van der Waals surface area contributed by atoms with Crippen LogP contribution in [-0.2, 0) is 4.74 Å². The largest absolute Gasteiger partial charge is 0.411 e. The highest BCUT2D eigenvalue weighted by atomic mass is 19.4. The Balaban J connectivity index is 2.02. The summed E-state index contributed by atoms with van der Waals surface area (Å²) in [6.45, 7) is -1.28. The van der Waals surface area contributed by atoms with Gasteiger partial charge in [0.1, 0.15) is 6.61 Å². The van der Waals surface area contributed by atoms with Gasteiger partial charge in [0.05, 0.1) is 18.1 Å². The maximum Gasteiger partial charge on any atom is 0.411 e. The summed E-state index contributed by atoms with van der Waals surface area (Å²) in [5.41, 5.74) is 1.10. The standard InChI is InChI=1S/C15H16F3NO/c16-15(17,18)10-20-14-8-12(6-7-13(14)9-19)11-4-2-1-3-5-11/h1-5,12-14H,6-8,10H2. The average Bonchev–Trinajstić information content (AvgIpc) is 2.45. The molecule has 0 aliphatic heterocycles. The Morgan fingerprint density at radius 2 is 1.90 bits per heavy atom. The molecule has 1 aromatic carbocycles. The molecular formula is C15H16F3NO. The first kappa shape index (κ1) is 14.9. The average molecular weight is 283 g/mol. The van der Waals surface area contributed by atoms with E-state index in [0.717, 1.165) is 12.0 Å². The van der Waals surface area contributed by atoms with E-state index in [1.807, 2.05) is 30.3 Å². The smallest absolute Gasteiger partial charge is 0.367 e. The van der Waals surface area contributed by atoms with Crippen molar-refractivity contribution in [2.24, 2.45) is 5.92 Å². The van der Waals surface area contributed by atoms with Crippen LogP contribution in [0, 0.1) is 17.2 Å². The second-order valence-corrected chi connectivity index (χ2v) is 5.12. The van der Waals surface area contributed by atoms with Gasteiger partial charge in [0.2, 0.25) is 0 Å². The summed E-state index contributed by atoms with van der Waals surface area (Å²) in [7, 11) is 0. The molecular weight excluding hydrogens is 267 g/mol. The molecule has 0 bridgehead atoms. The molecule has 0 N–H and O–H groups in total. The van der Waals surface area contributed by atoms with Crippen molar-refractivity contribution in [3.8, 4) is 6.07 Å². The van der Waals surface area contributed by atoms with E-state index in [1.54, 1.807) is 0 Å².